The van der Waals surface area contributed by atoms with E-state index in [1.165, 1.54) is 18.5 Å². The Kier molecular flexibility index (Phi) is 10.2. The Morgan fingerprint density at radius 2 is 1.86 bits per heavy atom. The van der Waals surface area contributed by atoms with Gasteiger partial charge in [-0.25, -0.2) is 9.97 Å². The molecule has 5 rings (SSSR count). The number of carbonyl (C=O) groups excluding carboxylic acids is 1. The lowest BCUT2D eigenvalue weighted by molar-refractivity contribution is -0.137. The molecule has 3 aliphatic heterocycles. The lowest BCUT2D eigenvalue weighted by atomic mass is 9.97. The van der Waals surface area contributed by atoms with Gasteiger partial charge in [-0.3, -0.25) is 9.69 Å². The molecular weight excluding hydrogens is 563 g/mol. The van der Waals surface area contributed by atoms with Crippen LogP contribution < -0.4 is 5.32 Å². The van der Waals surface area contributed by atoms with Crippen molar-refractivity contribution in [2.24, 2.45) is 0 Å². The van der Waals surface area contributed by atoms with E-state index < -0.39 is 11.7 Å². The van der Waals surface area contributed by atoms with Gasteiger partial charge in [0.15, 0.2) is 0 Å². The molecule has 0 unspecified atom stereocenters. The maximum Gasteiger partial charge on any atom is 0.416 e. The van der Waals surface area contributed by atoms with E-state index in [1.807, 2.05) is 11.8 Å². The molecule has 0 bridgehead atoms. The van der Waals surface area contributed by atoms with Crippen molar-refractivity contribution >= 4 is 11.7 Å². The molecule has 4 atom stereocenters. The normalized spacial score (nSPS) is 25.6. The van der Waals surface area contributed by atoms with Crippen molar-refractivity contribution in [1.29, 1.82) is 0 Å². The highest BCUT2D eigenvalue weighted by Gasteiger charge is 2.35. The van der Waals surface area contributed by atoms with Gasteiger partial charge in [0.2, 0.25) is 0 Å². The maximum atomic E-state index is 13.5. The fourth-order valence-electron chi connectivity index (χ4n) is 6.52. The van der Waals surface area contributed by atoms with E-state index in [2.05, 4.69) is 27.2 Å². The fourth-order valence-corrected chi connectivity index (χ4v) is 6.52. The van der Waals surface area contributed by atoms with Gasteiger partial charge in [0.05, 0.1) is 30.5 Å². The predicted molar refractivity (Wildman–Crippen MR) is 155 cm³/mol. The predicted octanol–water partition coefficient (Wildman–Crippen LogP) is 4.87. The van der Waals surface area contributed by atoms with Crippen LogP contribution in [0.1, 0.15) is 71.8 Å². The van der Waals surface area contributed by atoms with Crippen LogP contribution in [0.4, 0.5) is 19.0 Å². The molecule has 1 aromatic carbocycles. The number of halogens is 3. The number of ether oxygens (including phenoxy) is 3. The minimum Gasteiger partial charge on any atom is -0.379 e. The third kappa shape index (κ3) is 7.47. The largest absolute Gasteiger partial charge is 0.416 e. The number of hydrogen-bond acceptors (Lipinski definition) is 8. The summed E-state index contributed by atoms with van der Waals surface area (Å²) < 4.78 is 56.3. The molecule has 0 aliphatic carbocycles. The standard InChI is InChI=1S/C31H42F3N5O4/c1-20-28(30(40)39-14-11-23(12-15-39)38(2)25-13-16-42-18-27(25)41-3)36-19-37-29(20)35-17-24-5-4-6-26(43-24)21-7-9-22(10-8-21)31(32,33)34/h7-10,19,23-27H,4-6,11-18H2,1-3H3,(H,35,36,37)/t24-,25-,26+,27+/m1/s1. The fraction of sp³-hybridized carbons (Fsp3) is 0.645. The molecule has 3 saturated heterocycles. The molecule has 3 aliphatic rings. The second-order valence-electron chi connectivity index (χ2n) is 11.8. The van der Waals surface area contributed by atoms with E-state index in [-0.39, 0.29) is 24.2 Å². The highest BCUT2D eigenvalue weighted by molar-refractivity contribution is 5.94. The molecule has 9 nitrogen and oxygen atoms in total. The van der Waals surface area contributed by atoms with E-state index in [4.69, 9.17) is 14.2 Å². The third-order valence-corrected chi connectivity index (χ3v) is 9.17. The van der Waals surface area contributed by atoms with Crippen molar-refractivity contribution in [2.45, 2.75) is 82.0 Å². The summed E-state index contributed by atoms with van der Waals surface area (Å²) in [5.41, 5.74) is 1.15. The SMILES string of the molecule is CO[C@H]1COCC[C@H]1N(C)C1CCN(C(=O)c2ncnc(NC[C@H]3CCC[C@@H](c4ccc(C(F)(F)F)cc4)O3)c2C)CC1. The number of amides is 1. The number of benzene rings is 1. The molecule has 2 aromatic rings. The third-order valence-electron chi connectivity index (χ3n) is 9.17. The number of likely N-dealkylation sites (tertiary alicyclic amines) is 1. The van der Waals surface area contributed by atoms with Crippen molar-refractivity contribution in [2.75, 3.05) is 52.3 Å². The molecule has 3 fully saturated rings. The Balaban J connectivity index is 1.14. The van der Waals surface area contributed by atoms with Crippen LogP contribution in [0.15, 0.2) is 30.6 Å². The second-order valence-corrected chi connectivity index (χ2v) is 11.8. The molecular formula is C31H42F3N5O4. The molecule has 4 heterocycles. The first-order valence-corrected chi connectivity index (χ1v) is 15.2. The Morgan fingerprint density at radius 3 is 2.56 bits per heavy atom. The number of piperidine rings is 1. The van der Waals surface area contributed by atoms with Gasteiger partial charge in [-0.1, -0.05) is 12.1 Å². The summed E-state index contributed by atoms with van der Waals surface area (Å²) in [5, 5.41) is 3.33. The number of nitrogens with zero attached hydrogens (tertiary/aromatic N) is 4. The zero-order chi connectivity index (χ0) is 30.6. The maximum absolute atomic E-state index is 13.5. The van der Waals surface area contributed by atoms with Gasteiger partial charge in [-0.2, -0.15) is 13.2 Å². The first kappa shape index (κ1) is 31.6. The topological polar surface area (TPSA) is 89.1 Å². The molecule has 0 radical (unpaired) electrons. The highest BCUT2D eigenvalue weighted by atomic mass is 19.4. The van der Waals surface area contributed by atoms with Crippen LogP contribution in [0.25, 0.3) is 0 Å². The van der Waals surface area contributed by atoms with Crippen molar-refractivity contribution in [1.82, 2.24) is 19.8 Å². The van der Waals surface area contributed by atoms with Crippen LogP contribution in [-0.2, 0) is 20.4 Å². The summed E-state index contributed by atoms with van der Waals surface area (Å²) in [6.07, 6.45) is 1.87. The average molecular weight is 606 g/mol. The van der Waals surface area contributed by atoms with Crippen molar-refractivity contribution in [3.05, 3.63) is 53.0 Å². The first-order valence-electron chi connectivity index (χ1n) is 15.2. The van der Waals surface area contributed by atoms with Crippen molar-refractivity contribution < 1.29 is 32.2 Å². The van der Waals surface area contributed by atoms with E-state index in [0.29, 0.717) is 55.4 Å². The van der Waals surface area contributed by atoms with Crippen molar-refractivity contribution in [3.63, 3.8) is 0 Å². The van der Waals surface area contributed by atoms with E-state index in [9.17, 15) is 18.0 Å². The zero-order valence-corrected chi connectivity index (χ0v) is 25.1. The lowest BCUT2D eigenvalue weighted by Gasteiger charge is -2.44. The molecule has 0 spiro atoms. The molecule has 1 N–H and O–H groups in total. The summed E-state index contributed by atoms with van der Waals surface area (Å²) in [4.78, 5) is 26.5. The number of anilines is 1. The Labute approximate surface area is 251 Å². The van der Waals surface area contributed by atoms with E-state index in [0.717, 1.165) is 62.8 Å². The summed E-state index contributed by atoms with van der Waals surface area (Å²) in [5.74, 6) is 0.486. The highest BCUT2D eigenvalue weighted by Crippen LogP contribution is 2.34. The molecule has 1 amide bonds. The second kappa shape index (κ2) is 13.9. The minimum absolute atomic E-state index is 0.0581. The monoisotopic (exact) mass is 605 g/mol. The number of likely N-dealkylation sites (N-methyl/N-ethyl adjacent to an activating group) is 1. The van der Waals surface area contributed by atoms with Gasteiger partial charge in [-0.15, -0.1) is 0 Å². The Morgan fingerprint density at radius 1 is 1.12 bits per heavy atom. The molecule has 1 aromatic heterocycles. The zero-order valence-electron chi connectivity index (χ0n) is 25.1. The van der Waals surface area contributed by atoms with E-state index >= 15 is 0 Å². The molecule has 0 saturated carbocycles. The van der Waals surface area contributed by atoms with Crippen LogP contribution in [0.2, 0.25) is 0 Å². The van der Waals surface area contributed by atoms with Gasteiger partial charge in [0, 0.05) is 51.0 Å². The number of hydrogen-bond donors (Lipinski definition) is 1. The average Bonchev–Trinajstić information content (AvgIpc) is 3.03. The van der Waals surface area contributed by atoms with E-state index in [1.54, 1.807) is 7.11 Å². The summed E-state index contributed by atoms with van der Waals surface area (Å²) in [6.45, 7) is 4.97. The summed E-state index contributed by atoms with van der Waals surface area (Å²) >= 11 is 0. The van der Waals surface area contributed by atoms with Crippen LogP contribution in [0, 0.1) is 6.92 Å². The number of carbonyl (C=O) groups is 1. The van der Waals surface area contributed by atoms with Gasteiger partial charge in [0.25, 0.3) is 5.91 Å². The first-order chi connectivity index (χ1) is 20.7. The molecule has 236 valence electrons. The minimum atomic E-state index is -4.36. The lowest BCUT2D eigenvalue weighted by Crippen LogP contribution is -2.54. The molecule has 12 heteroatoms. The van der Waals surface area contributed by atoms with Crippen LogP contribution in [-0.4, -0.2) is 97.0 Å². The smallest absolute Gasteiger partial charge is 0.379 e. The summed E-state index contributed by atoms with van der Waals surface area (Å²) in [6, 6.07) is 5.88. The number of alkyl halides is 3. The van der Waals surface area contributed by atoms with Gasteiger partial charge in [0.1, 0.15) is 17.8 Å². The summed E-state index contributed by atoms with van der Waals surface area (Å²) in [7, 11) is 3.88. The number of rotatable bonds is 8. The number of aromatic nitrogens is 2. The van der Waals surface area contributed by atoms with Gasteiger partial charge < -0.3 is 24.4 Å². The van der Waals surface area contributed by atoms with Crippen LogP contribution in [0.5, 0.6) is 0 Å². The number of methoxy groups -OCH3 is 1. The van der Waals surface area contributed by atoms with Crippen molar-refractivity contribution in [3.8, 4) is 0 Å². The quantitative estimate of drug-likeness (QED) is 0.456. The van der Waals surface area contributed by atoms with Gasteiger partial charge in [-0.05, 0) is 70.2 Å². The Bertz CT molecular complexity index is 1220. The van der Waals surface area contributed by atoms with Crippen LogP contribution >= 0.6 is 0 Å². The van der Waals surface area contributed by atoms with Crippen LogP contribution in [0.3, 0.4) is 0 Å². The Hall–Kier alpha value is -2.80. The molecule has 43 heavy (non-hydrogen) atoms. The number of nitrogens with one attached hydrogen (secondary N) is 1. The van der Waals surface area contributed by atoms with Gasteiger partial charge >= 0.3 is 6.18 Å².